The Morgan fingerprint density at radius 1 is 1.33 bits per heavy atom. The Balaban J connectivity index is 0.00000208. The van der Waals surface area contributed by atoms with Crippen molar-refractivity contribution in [2.45, 2.75) is 17.9 Å². The summed E-state index contributed by atoms with van der Waals surface area (Å²) in [5.74, 6) is -0.337. The lowest BCUT2D eigenvalue weighted by molar-refractivity contribution is 0.310. The van der Waals surface area contributed by atoms with Crippen LogP contribution in [0.5, 0.6) is 5.88 Å². The van der Waals surface area contributed by atoms with Crippen molar-refractivity contribution in [2.75, 3.05) is 27.7 Å². The van der Waals surface area contributed by atoms with Crippen molar-refractivity contribution < 1.29 is 13.5 Å². The van der Waals surface area contributed by atoms with Crippen LogP contribution in [0.2, 0.25) is 0 Å². The summed E-state index contributed by atoms with van der Waals surface area (Å²) in [4.78, 5) is 16.0. The van der Waals surface area contributed by atoms with Gasteiger partial charge in [0.1, 0.15) is 0 Å². The van der Waals surface area contributed by atoms with E-state index in [0.717, 1.165) is 16.4 Å². The number of benzene rings is 1. The van der Waals surface area contributed by atoms with Gasteiger partial charge in [-0.2, -0.15) is 0 Å². The smallest absolute Gasteiger partial charge is 0.242 e. The molecule has 2 aromatic rings. The van der Waals surface area contributed by atoms with Gasteiger partial charge >= 0.3 is 0 Å². The number of nitrogens with one attached hydrogen (secondary N) is 1. The average Bonchev–Trinajstić information content (AvgIpc) is 2.81. The summed E-state index contributed by atoms with van der Waals surface area (Å²) in [5.41, 5.74) is 1.93. The number of rotatable bonds is 3. The van der Waals surface area contributed by atoms with Crippen LogP contribution in [0.3, 0.4) is 0 Å². The van der Waals surface area contributed by atoms with Crippen LogP contribution in [-0.4, -0.2) is 55.4 Å². The van der Waals surface area contributed by atoms with Crippen LogP contribution < -0.4 is 0 Å². The normalized spacial score (nSPS) is 15.3. The predicted molar refractivity (Wildman–Crippen MR) is 93.6 cm³/mol. The fraction of sp³-hybridized carbons (Fsp3) is 0.429. The van der Waals surface area contributed by atoms with Crippen LogP contribution in [0.4, 0.5) is 5.69 Å². The van der Waals surface area contributed by atoms with Gasteiger partial charge in [0.15, 0.2) is 5.69 Å². The molecule has 0 unspecified atom stereocenters. The number of halogens is 1. The van der Waals surface area contributed by atoms with Gasteiger partial charge in [-0.25, -0.2) is 12.7 Å². The van der Waals surface area contributed by atoms with E-state index in [-0.39, 0.29) is 28.9 Å². The maximum atomic E-state index is 12.7. The second kappa shape index (κ2) is 6.32. The lowest BCUT2D eigenvalue weighted by Crippen LogP contribution is -2.30. The molecule has 1 aliphatic rings. The van der Waals surface area contributed by atoms with Crippen molar-refractivity contribution in [3.63, 3.8) is 0 Å². The van der Waals surface area contributed by atoms with Crippen LogP contribution >= 0.6 is 12.4 Å². The maximum absolute atomic E-state index is 12.7. The van der Waals surface area contributed by atoms with Crippen LogP contribution in [0.1, 0.15) is 11.1 Å². The molecule has 3 rings (SSSR count). The van der Waals surface area contributed by atoms with Gasteiger partial charge in [0.05, 0.1) is 10.4 Å². The number of likely N-dealkylation sites (N-methyl/N-ethyl adjacent to an activating group) is 1. The number of aromatic nitrogens is 1. The Morgan fingerprint density at radius 3 is 2.58 bits per heavy atom. The van der Waals surface area contributed by atoms with Crippen LogP contribution in [0, 0.1) is 4.91 Å². The summed E-state index contributed by atoms with van der Waals surface area (Å²) >= 11 is 0. The molecular weight excluding hydrogens is 356 g/mol. The van der Waals surface area contributed by atoms with Crippen molar-refractivity contribution >= 4 is 39.0 Å². The molecule has 1 aromatic heterocycles. The highest BCUT2D eigenvalue weighted by molar-refractivity contribution is 7.89. The Bertz CT molecular complexity index is 907. The summed E-state index contributed by atoms with van der Waals surface area (Å²) < 4.78 is 26.5. The Labute approximate surface area is 145 Å². The van der Waals surface area contributed by atoms with E-state index < -0.39 is 10.0 Å². The molecule has 2 N–H and O–H groups in total. The number of hydrogen-bond donors (Lipinski definition) is 2. The average molecular weight is 375 g/mol. The largest absolute Gasteiger partial charge is 0.493 e. The van der Waals surface area contributed by atoms with E-state index in [9.17, 15) is 18.4 Å². The molecule has 0 radical (unpaired) electrons. The molecule has 0 saturated heterocycles. The number of aromatic amines is 1. The maximum Gasteiger partial charge on any atom is 0.242 e. The van der Waals surface area contributed by atoms with Crippen LogP contribution in [-0.2, 0) is 23.0 Å². The van der Waals surface area contributed by atoms with Crippen molar-refractivity contribution in [1.29, 1.82) is 0 Å². The van der Waals surface area contributed by atoms with Gasteiger partial charge < -0.3 is 15.0 Å². The van der Waals surface area contributed by atoms with Crippen LogP contribution in [0.15, 0.2) is 16.1 Å². The number of nitrogens with zero attached hydrogens (tertiary/aromatic N) is 3. The van der Waals surface area contributed by atoms with Gasteiger partial charge in [-0.05, 0) is 35.8 Å². The second-order valence-electron chi connectivity index (χ2n) is 5.94. The monoisotopic (exact) mass is 374 g/mol. The number of H-pyrrole nitrogens is 1. The molecular formula is C14H19ClN4O4S. The number of nitroso groups, excluding NO2 is 1. The SMILES string of the molecule is CN1CCc2c(c(S(=O)(=O)N(C)C)cc3c(N=O)c(O)[nH]c23)C1.Cl. The predicted octanol–water partition coefficient (Wildman–Crippen LogP) is 1.93. The second-order valence-corrected chi connectivity index (χ2v) is 8.06. The van der Waals surface area contributed by atoms with Gasteiger partial charge in [0.25, 0.3) is 0 Å². The third kappa shape index (κ3) is 2.67. The highest BCUT2D eigenvalue weighted by Crippen LogP contribution is 2.41. The van der Waals surface area contributed by atoms with Gasteiger partial charge in [-0.3, -0.25) is 0 Å². The molecule has 0 atom stereocenters. The molecule has 0 fully saturated rings. The highest BCUT2D eigenvalue weighted by Gasteiger charge is 2.30. The van der Waals surface area contributed by atoms with Crippen molar-refractivity contribution in [1.82, 2.24) is 14.2 Å². The third-order valence-electron chi connectivity index (χ3n) is 4.25. The first-order chi connectivity index (χ1) is 10.8. The number of hydrogen-bond acceptors (Lipinski definition) is 6. The fourth-order valence-corrected chi connectivity index (χ4v) is 4.17. The molecule has 0 spiro atoms. The lowest BCUT2D eigenvalue weighted by Gasteiger charge is -2.28. The van der Waals surface area contributed by atoms with Crippen molar-refractivity contribution in [2.24, 2.45) is 5.18 Å². The molecule has 8 nitrogen and oxygen atoms in total. The Hall–Kier alpha value is -1.68. The molecule has 10 heteroatoms. The van der Waals surface area contributed by atoms with Crippen molar-refractivity contribution in [3.8, 4) is 5.88 Å². The first kappa shape index (κ1) is 18.7. The third-order valence-corrected chi connectivity index (χ3v) is 6.13. The summed E-state index contributed by atoms with van der Waals surface area (Å²) in [6.07, 6.45) is 0.622. The highest BCUT2D eigenvalue weighted by atomic mass is 35.5. The van der Waals surface area contributed by atoms with E-state index in [4.69, 9.17) is 0 Å². The molecule has 0 amide bonds. The van der Waals surface area contributed by atoms with Crippen molar-refractivity contribution in [3.05, 3.63) is 22.1 Å². The molecule has 0 saturated carbocycles. The minimum absolute atomic E-state index is 0. The zero-order chi connectivity index (χ0) is 16.9. The quantitative estimate of drug-likeness (QED) is 0.798. The Kier molecular flexibility index (Phi) is 4.91. The van der Waals surface area contributed by atoms with E-state index in [0.29, 0.717) is 29.4 Å². The van der Waals surface area contributed by atoms with Crippen LogP contribution in [0.25, 0.3) is 10.9 Å². The number of sulfonamides is 1. The van der Waals surface area contributed by atoms with E-state index >= 15 is 0 Å². The van der Waals surface area contributed by atoms with Gasteiger partial charge in [-0.1, -0.05) is 0 Å². The first-order valence-electron chi connectivity index (χ1n) is 7.11. The van der Waals surface area contributed by atoms with E-state index in [1.165, 1.54) is 20.2 Å². The summed E-state index contributed by atoms with van der Waals surface area (Å²) in [5, 5.41) is 13.0. The minimum Gasteiger partial charge on any atom is -0.493 e. The summed E-state index contributed by atoms with van der Waals surface area (Å²) in [6, 6.07) is 1.43. The first-order valence-corrected chi connectivity index (χ1v) is 8.55. The van der Waals surface area contributed by atoms with E-state index in [2.05, 4.69) is 10.2 Å². The standard InChI is InChI=1S/C14H18N4O4S.ClH/c1-17(2)23(21,22)11-6-9-12(15-14(19)13(9)16-20)8-4-5-18(3)7-10(8)11;/h6,15,19H,4-5,7H2,1-3H3;1H. The topological polar surface area (TPSA) is 106 Å². The molecule has 0 aliphatic carbocycles. The molecule has 132 valence electrons. The van der Waals surface area contributed by atoms with E-state index in [1.54, 1.807) is 0 Å². The molecule has 1 aromatic carbocycles. The van der Waals surface area contributed by atoms with Gasteiger partial charge in [0, 0.05) is 32.6 Å². The molecule has 2 heterocycles. The minimum atomic E-state index is -3.68. The molecule has 0 bridgehead atoms. The number of fused-ring (bicyclic) bond motifs is 3. The summed E-state index contributed by atoms with van der Waals surface area (Å²) in [7, 11) is 1.17. The fourth-order valence-electron chi connectivity index (χ4n) is 3.01. The number of aromatic hydroxyl groups is 1. The zero-order valence-electron chi connectivity index (χ0n) is 13.5. The lowest BCUT2D eigenvalue weighted by atomic mass is 9.97. The Morgan fingerprint density at radius 2 is 2.00 bits per heavy atom. The van der Waals surface area contributed by atoms with Gasteiger partial charge in [0.2, 0.25) is 15.9 Å². The molecule has 24 heavy (non-hydrogen) atoms. The van der Waals surface area contributed by atoms with Gasteiger partial charge in [-0.15, -0.1) is 17.3 Å². The zero-order valence-corrected chi connectivity index (χ0v) is 15.2. The van der Waals surface area contributed by atoms with E-state index in [1.807, 2.05) is 11.9 Å². The summed E-state index contributed by atoms with van der Waals surface area (Å²) in [6.45, 7) is 1.24. The molecule has 1 aliphatic heterocycles.